The fourth-order valence-electron chi connectivity index (χ4n) is 2.48. The highest BCUT2D eigenvalue weighted by Crippen LogP contribution is 2.22. The van der Waals surface area contributed by atoms with Crippen molar-refractivity contribution in [3.8, 4) is 0 Å². The zero-order chi connectivity index (χ0) is 16.6. The first-order valence-electron chi connectivity index (χ1n) is 7.36. The third-order valence-corrected chi connectivity index (χ3v) is 3.80. The van der Waals surface area contributed by atoms with Crippen molar-refractivity contribution >= 4 is 22.7 Å². The summed E-state index contributed by atoms with van der Waals surface area (Å²) in [5, 5.41) is 3.00. The predicted molar refractivity (Wildman–Crippen MR) is 87.8 cm³/mol. The zero-order valence-corrected chi connectivity index (χ0v) is 13.2. The van der Waals surface area contributed by atoms with Gasteiger partial charge in [-0.2, -0.15) is 0 Å². The monoisotopic (exact) mass is 311 g/mol. The number of hydrogen-bond donors (Lipinski definition) is 1. The number of aryl methyl sites for hydroxylation is 3. The lowest BCUT2D eigenvalue weighted by molar-refractivity contribution is 0.102. The van der Waals surface area contributed by atoms with Crippen molar-refractivity contribution < 1.29 is 9.21 Å². The molecule has 0 aliphatic heterocycles. The first kappa shape index (κ1) is 15.0. The molecule has 2 aromatic heterocycles. The van der Waals surface area contributed by atoms with Crippen LogP contribution in [0.4, 0.5) is 5.69 Å². The van der Waals surface area contributed by atoms with Crippen LogP contribution in [-0.2, 0) is 13.5 Å². The maximum Gasteiger partial charge on any atom is 0.265 e. The summed E-state index contributed by atoms with van der Waals surface area (Å²) in [4.78, 5) is 28.9. The van der Waals surface area contributed by atoms with Crippen LogP contribution in [0, 0.1) is 6.92 Å². The van der Waals surface area contributed by atoms with E-state index in [1.54, 1.807) is 14.0 Å². The van der Waals surface area contributed by atoms with E-state index in [0.717, 1.165) is 6.42 Å². The van der Waals surface area contributed by atoms with Gasteiger partial charge in [0, 0.05) is 12.7 Å². The lowest BCUT2D eigenvalue weighted by atomic mass is 10.1. The summed E-state index contributed by atoms with van der Waals surface area (Å²) in [6.07, 6.45) is 2.31. The quantitative estimate of drug-likeness (QED) is 0.806. The number of nitrogens with zero attached hydrogens (tertiary/aromatic N) is 2. The molecule has 1 aromatic carbocycles. The average molecular weight is 311 g/mol. The van der Waals surface area contributed by atoms with Crippen molar-refractivity contribution in [3.63, 3.8) is 0 Å². The molecule has 0 radical (unpaired) electrons. The molecule has 3 aromatic rings. The molecule has 0 aliphatic rings. The van der Waals surface area contributed by atoms with Crippen LogP contribution in [0.3, 0.4) is 0 Å². The summed E-state index contributed by atoms with van der Waals surface area (Å²) >= 11 is 0. The van der Waals surface area contributed by atoms with Crippen LogP contribution in [0.15, 0.2) is 39.8 Å². The van der Waals surface area contributed by atoms with Crippen molar-refractivity contribution in [2.75, 3.05) is 5.32 Å². The number of hydrogen-bond acceptors (Lipinski definition) is 4. The van der Waals surface area contributed by atoms with Gasteiger partial charge in [0.1, 0.15) is 17.5 Å². The Kier molecular flexibility index (Phi) is 3.73. The minimum atomic E-state index is -0.379. The second-order valence-electron chi connectivity index (χ2n) is 5.38. The third kappa shape index (κ3) is 2.63. The number of anilines is 1. The van der Waals surface area contributed by atoms with Gasteiger partial charge in [-0.1, -0.05) is 19.1 Å². The van der Waals surface area contributed by atoms with Crippen molar-refractivity contribution in [3.05, 3.63) is 57.8 Å². The van der Waals surface area contributed by atoms with Gasteiger partial charge in [0.15, 0.2) is 0 Å². The summed E-state index contributed by atoms with van der Waals surface area (Å²) in [7, 11) is 1.59. The van der Waals surface area contributed by atoms with E-state index >= 15 is 0 Å². The first-order chi connectivity index (χ1) is 11.0. The van der Waals surface area contributed by atoms with Gasteiger partial charge in [-0.05, 0) is 31.0 Å². The van der Waals surface area contributed by atoms with Crippen LogP contribution in [0.1, 0.15) is 28.6 Å². The molecule has 0 atom stereocenters. The standard InChI is InChI=1S/C17H17N3O3/c1-4-11-5-7-12(8-6-11)19-15(21)13-10(2)23-16-14(13)17(22)20(3)9-18-16/h5-9H,4H2,1-3H3,(H,19,21). The Labute approximate surface area is 132 Å². The van der Waals surface area contributed by atoms with E-state index < -0.39 is 0 Å². The summed E-state index contributed by atoms with van der Waals surface area (Å²) < 4.78 is 6.77. The Bertz CT molecular complexity index is 936. The van der Waals surface area contributed by atoms with E-state index in [4.69, 9.17) is 4.42 Å². The van der Waals surface area contributed by atoms with E-state index in [9.17, 15) is 9.59 Å². The van der Waals surface area contributed by atoms with E-state index in [-0.39, 0.29) is 28.1 Å². The molecule has 23 heavy (non-hydrogen) atoms. The number of fused-ring (bicyclic) bond motifs is 1. The number of furan rings is 1. The average Bonchev–Trinajstić information content (AvgIpc) is 2.89. The lowest BCUT2D eigenvalue weighted by Gasteiger charge is -2.05. The maximum atomic E-state index is 12.6. The number of benzene rings is 1. The molecular weight excluding hydrogens is 294 g/mol. The number of carbonyl (C=O) groups is 1. The van der Waals surface area contributed by atoms with Gasteiger partial charge in [-0.15, -0.1) is 0 Å². The van der Waals surface area contributed by atoms with Gasteiger partial charge in [-0.25, -0.2) is 4.98 Å². The molecule has 0 saturated carbocycles. The van der Waals surface area contributed by atoms with Crippen molar-refractivity contribution in [1.82, 2.24) is 9.55 Å². The number of carbonyl (C=O) groups excluding carboxylic acids is 1. The molecule has 6 nitrogen and oxygen atoms in total. The Morgan fingerprint density at radius 1 is 1.30 bits per heavy atom. The Morgan fingerprint density at radius 2 is 2.00 bits per heavy atom. The summed E-state index contributed by atoms with van der Waals surface area (Å²) in [5.74, 6) is -0.00548. The van der Waals surface area contributed by atoms with E-state index in [0.29, 0.717) is 11.4 Å². The lowest BCUT2D eigenvalue weighted by Crippen LogP contribution is -2.20. The third-order valence-electron chi connectivity index (χ3n) is 3.80. The largest absolute Gasteiger partial charge is 0.442 e. The number of nitrogens with one attached hydrogen (secondary N) is 1. The molecule has 1 amide bonds. The summed E-state index contributed by atoms with van der Waals surface area (Å²) in [6.45, 7) is 3.72. The van der Waals surface area contributed by atoms with Gasteiger partial charge in [0.2, 0.25) is 5.71 Å². The van der Waals surface area contributed by atoms with E-state index in [1.807, 2.05) is 24.3 Å². The van der Waals surface area contributed by atoms with Crippen LogP contribution < -0.4 is 10.9 Å². The molecule has 0 fully saturated rings. The van der Waals surface area contributed by atoms with Crippen molar-refractivity contribution in [2.45, 2.75) is 20.3 Å². The van der Waals surface area contributed by atoms with Gasteiger partial charge in [0.25, 0.3) is 11.5 Å². The second-order valence-corrected chi connectivity index (χ2v) is 5.38. The Morgan fingerprint density at radius 3 is 2.65 bits per heavy atom. The topological polar surface area (TPSA) is 77.1 Å². The van der Waals surface area contributed by atoms with E-state index in [1.165, 1.54) is 16.5 Å². The highest BCUT2D eigenvalue weighted by atomic mass is 16.3. The number of aromatic nitrogens is 2. The van der Waals surface area contributed by atoms with Crippen molar-refractivity contribution in [2.24, 2.45) is 7.05 Å². The fraction of sp³-hybridized carbons (Fsp3) is 0.235. The molecule has 2 heterocycles. The SMILES string of the molecule is CCc1ccc(NC(=O)c2c(C)oc3ncn(C)c(=O)c23)cc1. The van der Waals surface area contributed by atoms with Crippen LogP contribution >= 0.6 is 0 Å². The highest BCUT2D eigenvalue weighted by molar-refractivity contribution is 6.12. The first-order valence-corrected chi connectivity index (χ1v) is 7.36. The molecule has 0 bridgehead atoms. The molecule has 118 valence electrons. The molecule has 6 heteroatoms. The fourth-order valence-corrected chi connectivity index (χ4v) is 2.48. The number of rotatable bonds is 3. The molecule has 0 spiro atoms. The van der Waals surface area contributed by atoms with Gasteiger partial charge in [-0.3, -0.25) is 9.59 Å². The van der Waals surface area contributed by atoms with E-state index in [2.05, 4.69) is 17.2 Å². The zero-order valence-electron chi connectivity index (χ0n) is 13.2. The minimum absolute atomic E-state index is 0.178. The molecular formula is C17H17N3O3. The molecule has 0 unspecified atom stereocenters. The van der Waals surface area contributed by atoms with Crippen LogP contribution in [-0.4, -0.2) is 15.5 Å². The summed E-state index contributed by atoms with van der Waals surface area (Å²) in [5.41, 5.74) is 1.95. The Balaban J connectivity index is 2.02. The predicted octanol–water partition coefficient (Wildman–Crippen LogP) is 2.65. The minimum Gasteiger partial charge on any atom is -0.442 e. The number of amides is 1. The van der Waals surface area contributed by atoms with Crippen LogP contribution in [0.25, 0.3) is 11.1 Å². The molecule has 0 saturated heterocycles. The van der Waals surface area contributed by atoms with Gasteiger partial charge >= 0.3 is 0 Å². The van der Waals surface area contributed by atoms with Crippen LogP contribution in [0.2, 0.25) is 0 Å². The smallest absolute Gasteiger partial charge is 0.265 e. The highest BCUT2D eigenvalue weighted by Gasteiger charge is 2.22. The summed E-state index contributed by atoms with van der Waals surface area (Å²) in [6, 6.07) is 7.59. The molecule has 1 N–H and O–H groups in total. The maximum absolute atomic E-state index is 12.6. The normalized spacial score (nSPS) is 10.9. The second kappa shape index (κ2) is 5.72. The molecule has 0 aliphatic carbocycles. The van der Waals surface area contributed by atoms with Gasteiger partial charge in [0.05, 0.1) is 5.56 Å². The Hall–Kier alpha value is -2.89. The van der Waals surface area contributed by atoms with Gasteiger partial charge < -0.3 is 14.3 Å². The van der Waals surface area contributed by atoms with Crippen LogP contribution in [0.5, 0.6) is 0 Å². The van der Waals surface area contributed by atoms with Crippen molar-refractivity contribution in [1.29, 1.82) is 0 Å². The molecule has 3 rings (SSSR count).